The first-order chi connectivity index (χ1) is 14.9. The first-order valence-electron chi connectivity index (χ1n) is 11.8. The Hall–Kier alpha value is -2.21. The van der Waals surface area contributed by atoms with Gasteiger partial charge >= 0.3 is 6.18 Å². The Morgan fingerprint density at radius 2 is 1.65 bits per heavy atom. The maximum absolute atomic E-state index is 12.7. The summed E-state index contributed by atoms with van der Waals surface area (Å²) in [5.41, 5.74) is 3.85. The Morgan fingerprint density at radius 1 is 0.903 bits per heavy atom. The third kappa shape index (κ3) is 5.35. The SMILES string of the molecule is CCCCC[C@@H]1CC[C@@H]2c3ccc(C#Cc4ccc(C(F)(F)F)cc4)cc3CC[C@@H]2C1. The number of hydrogen-bond acceptors (Lipinski definition) is 0. The predicted octanol–water partition coefficient (Wildman–Crippen LogP) is 8.13. The van der Waals surface area contributed by atoms with Crippen LogP contribution in [0.1, 0.15) is 92.0 Å². The largest absolute Gasteiger partial charge is 0.416 e. The molecule has 164 valence electrons. The average Bonchev–Trinajstić information content (AvgIpc) is 2.77. The van der Waals surface area contributed by atoms with Crippen molar-refractivity contribution in [3.05, 3.63) is 70.3 Å². The summed E-state index contributed by atoms with van der Waals surface area (Å²) in [7, 11) is 0. The lowest BCUT2D eigenvalue weighted by atomic mass is 9.64. The average molecular weight is 425 g/mol. The van der Waals surface area contributed by atoms with Gasteiger partial charge in [0.1, 0.15) is 0 Å². The van der Waals surface area contributed by atoms with Gasteiger partial charge in [0.05, 0.1) is 5.56 Å². The molecule has 1 saturated carbocycles. The van der Waals surface area contributed by atoms with E-state index in [2.05, 4.69) is 37.0 Å². The molecule has 0 heterocycles. The number of unbranched alkanes of at least 4 members (excludes halogenated alkanes) is 2. The summed E-state index contributed by atoms with van der Waals surface area (Å²) in [6.45, 7) is 2.27. The summed E-state index contributed by atoms with van der Waals surface area (Å²) < 4.78 is 38.1. The highest BCUT2D eigenvalue weighted by atomic mass is 19.4. The lowest BCUT2D eigenvalue weighted by Crippen LogP contribution is -2.28. The van der Waals surface area contributed by atoms with Crippen LogP contribution in [-0.2, 0) is 12.6 Å². The van der Waals surface area contributed by atoms with Gasteiger partial charge in [0.15, 0.2) is 0 Å². The zero-order chi connectivity index (χ0) is 21.8. The van der Waals surface area contributed by atoms with Crippen molar-refractivity contribution in [2.75, 3.05) is 0 Å². The lowest BCUT2D eigenvalue weighted by Gasteiger charge is -2.40. The first kappa shape index (κ1) is 22.0. The summed E-state index contributed by atoms with van der Waals surface area (Å²) >= 11 is 0. The van der Waals surface area contributed by atoms with Gasteiger partial charge in [-0.2, -0.15) is 13.2 Å². The van der Waals surface area contributed by atoms with Crippen LogP contribution in [0.5, 0.6) is 0 Å². The highest BCUT2D eigenvalue weighted by Gasteiger charge is 2.35. The molecule has 0 nitrogen and oxygen atoms in total. The van der Waals surface area contributed by atoms with Crippen LogP contribution in [-0.4, -0.2) is 0 Å². The highest BCUT2D eigenvalue weighted by molar-refractivity contribution is 5.47. The van der Waals surface area contributed by atoms with Crippen molar-refractivity contribution < 1.29 is 13.2 Å². The Balaban J connectivity index is 1.43. The van der Waals surface area contributed by atoms with E-state index in [0.717, 1.165) is 36.0 Å². The Labute approximate surface area is 184 Å². The molecule has 0 spiro atoms. The molecule has 0 unspecified atom stereocenters. The number of aryl methyl sites for hydroxylation is 1. The van der Waals surface area contributed by atoms with E-state index in [1.807, 2.05) is 0 Å². The first-order valence-corrected chi connectivity index (χ1v) is 11.8. The second kappa shape index (κ2) is 9.51. The van der Waals surface area contributed by atoms with E-state index >= 15 is 0 Å². The van der Waals surface area contributed by atoms with E-state index in [9.17, 15) is 13.2 Å². The minimum atomic E-state index is -4.31. The Morgan fingerprint density at radius 3 is 2.39 bits per heavy atom. The summed E-state index contributed by atoms with van der Waals surface area (Å²) in [6, 6.07) is 11.6. The van der Waals surface area contributed by atoms with E-state index in [1.54, 1.807) is 0 Å². The van der Waals surface area contributed by atoms with E-state index in [4.69, 9.17) is 0 Å². The number of rotatable bonds is 4. The van der Waals surface area contributed by atoms with Crippen molar-refractivity contribution in [1.29, 1.82) is 0 Å². The van der Waals surface area contributed by atoms with Crippen molar-refractivity contribution in [2.45, 2.75) is 76.8 Å². The molecule has 0 amide bonds. The monoisotopic (exact) mass is 424 g/mol. The summed E-state index contributed by atoms with van der Waals surface area (Å²) in [5.74, 6) is 8.61. The molecule has 0 N–H and O–H groups in total. The van der Waals surface area contributed by atoms with Crippen LogP contribution in [0.2, 0.25) is 0 Å². The molecule has 2 aliphatic rings. The molecule has 0 aromatic heterocycles. The molecule has 0 bridgehead atoms. The van der Waals surface area contributed by atoms with E-state index in [-0.39, 0.29) is 0 Å². The van der Waals surface area contributed by atoms with Crippen LogP contribution in [0.15, 0.2) is 42.5 Å². The quantitative estimate of drug-likeness (QED) is 0.343. The molecule has 0 radical (unpaired) electrons. The maximum atomic E-state index is 12.7. The third-order valence-electron chi connectivity index (χ3n) is 7.20. The van der Waals surface area contributed by atoms with Crippen LogP contribution in [0.3, 0.4) is 0 Å². The van der Waals surface area contributed by atoms with Gasteiger partial charge in [-0.3, -0.25) is 0 Å². The standard InChI is InChI=1S/C28H31F3/c1-2-3-4-5-21-10-16-26-23(18-21)12-13-24-19-22(11-17-27(24)26)7-6-20-8-14-25(15-9-20)28(29,30)31/h8-9,11,14-15,17,19,21,23,26H,2-5,10,12-13,16,18H2,1H3/t21-,23-,26+/m1/s1. The second-order valence-corrected chi connectivity index (χ2v) is 9.32. The van der Waals surface area contributed by atoms with Crippen LogP contribution in [0.4, 0.5) is 13.2 Å². The highest BCUT2D eigenvalue weighted by Crippen LogP contribution is 2.48. The maximum Gasteiger partial charge on any atom is 0.416 e. The summed E-state index contributed by atoms with van der Waals surface area (Å²) in [6.07, 6.45) is 7.61. The van der Waals surface area contributed by atoms with Crippen LogP contribution < -0.4 is 0 Å². The number of fused-ring (bicyclic) bond motifs is 3. The van der Waals surface area contributed by atoms with Crippen molar-refractivity contribution in [3.63, 3.8) is 0 Å². The third-order valence-corrected chi connectivity index (χ3v) is 7.20. The summed E-state index contributed by atoms with van der Waals surface area (Å²) in [4.78, 5) is 0. The number of alkyl halides is 3. The van der Waals surface area contributed by atoms with Gasteiger partial charge in [0, 0.05) is 11.1 Å². The molecule has 31 heavy (non-hydrogen) atoms. The normalized spacial score (nSPS) is 22.8. The zero-order valence-electron chi connectivity index (χ0n) is 18.3. The van der Waals surface area contributed by atoms with E-state index in [0.29, 0.717) is 11.5 Å². The smallest absolute Gasteiger partial charge is 0.166 e. The fraction of sp³-hybridized carbons (Fsp3) is 0.500. The number of halogens is 3. The number of benzene rings is 2. The van der Waals surface area contributed by atoms with Gasteiger partial charge in [-0.15, -0.1) is 0 Å². The Kier molecular flexibility index (Phi) is 6.75. The second-order valence-electron chi connectivity index (χ2n) is 9.32. The molecular formula is C28H31F3. The van der Waals surface area contributed by atoms with E-state index in [1.165, 1.54) is 74.6 Å². The molecule has 0 aliphatic heterocycles. The fourth-order valence-electron chi connectivity index (χ4n) is 5.52. The predicted molar refractivity (Wildman–Crippen MR) is 120 cm³/mol. The minimum Gasteiger partial charge on any atom is -0.166 e. The molecule has 0 saturated heterocycles. The van der Waals surface area contributed by atoms with Gasteiger partial charge in [-0.25, -0.2) is 0 Å². The van der Waals surface area contributed by atoms with Gasteiger partial charge in [0.25, 0.3) is 0 Å². The van der Waals surface area contributed by atoms with Crippen LogP contribution in [0.25, 0.3) is 0 Å². The molecule has 3 heteroatoms. The molecule has 2 aromatic carbocycles. The van der Waals surface area contributed by atoms with Gasteiger partial charge < -0.3 is 0 Å². The lowest BCUT2D eigenvalue weighted by molar-refractivity contribution is -0.137. The summed E-state index contributed by atoms with van der Waals surface area (Å²) in [5, 5.41) is 0. The van der Waals surface area contributed by atoms with Gasteiger partial charge in [-0.1, -0.05) is 50.5 Å². The van der Waals surface area contributed by atoms with Crippen molar-refractivity contribution in [2.24, 2.45) is 11.8 Å². The topological polar surface area (TPSA) is 0 Å². The molecule has 2 aromatic rings. The van der Waals surface area contributed by atoms with Crippen molar-refractivity contribution in [1.82, 2.24) is 0 Å². The van der Waals surface area contributed by atoms with E-state index < -0.39 is 11.7 Å². The minimum absolute atomic E-state index is 0.604. The molecule has 1 fully saturated rings. The van der Waals surface area contributed by atoms with Crippen LogP contribution >= 0.6 is 0 Å². The molecule has 2 aliphatic carbocycles. The van der Waals surface area contributed by atoms with Crippen molar-refractivity contribution in [3.8, 4) is 11.8 Å². The molecule has 3 atom stereocenters. The van der Waals surface area contributed by atoms with Gasteiger partial charge in [0.2, 0.25) is 0 Å². The Bertz CT molecular complexity index is 943. The van der Waals surface area contributed by atoms with Crippen LogP contribution in [0, 0.1) is 23.7 Å². The number of hydrogen-bond donors (Lipinski definition) is 0. The zero-order valence-corrected chi connectivity index (χ0v) is 18.3. The fourth-order valence-corrected chi connectivity index (χ4v) is 5.52. The molecular weight excluding hydrogens is 393 g/mol. The van der Waals surface area contributed by atoms with Crippen molar-refractivity contribution >= 4 is 0 Å². The van der Waals surface area contributed by atoms with Gasteiger partial charge in [-0.05, 0) is 97.4 Å². The molecule has 4 rings (SSSR count).